The monoisotopic (exact) mass is 394 g/mol. The van der Waals surface area contributed by atoms with Crippen LogP contribution in [0.5, 0.6) is 0 Å². The number of amides is 2. The molecule has 1 aromatic rings. The van der Waals surface area contributed by atoms with E-state index in [4.69, 9.17) is 12.2 Å². The Bertz CT molecular complexity index is 702. The number of nitrogens with one attached hydrogen (secondary N) is 1. The van der Waals surface area contributed by atoms with E-state index in [2.05, 4.69) is 11.2 Å². The van der Waals surface area contributed by atoms with Crippen LogP contribution in [0.2, 0.25) is 0 Å². The van der Waals surface area contributed by atoms with Crippen molar-refractivity contribution in [2.45, 2.75) is 44.1 Å². The molecule has 4 nitrogen and oxygen atoms in total. The molecule has 0 saturated carbocycles. The topological polar surface area (TPSA) is 72.2 Å². The highest BCUT2D eigenvalue weighted by atomic mass is 19.4. The van der Waals surface area contributed by atoms with Gasteiger partial charge < -0.3 is 11.1 Å². The summed E-state index contributed by atoms with van der Waals surface area (Å²) >= 11 is 0. The number of alkyl halides is 6. The van der Waals surface area contributed by atoms with Gasteiger partial charge in [-0.05, 0) is 36.6 Å². The van der Waals surface area contributed by atoms with Crippen molar-refractivity contribution >= 4 is 11.8 Å². The predicted octanol–water partition coefficient (Wildman–Crippen LogP) is 3.04. The number of hydrogen-bond acceptors (Lipinski definition) is 2. The lowest BCUT2D eigenvalue weighted by Gasteiger charge is -2.16. The van der Waals surface area contributed by atoms with E-state index in [9.17, 15) is 35.9 Å². The summed E-state index contributed by atoms with van der Waals surface area (Å²) in [6.07, 6.45) is -5.00. The number of primary amides is 1. The maximum absolute atomic E-state index is 12.8. The van der Waals surface area contributed by atoms with Gasteiger partial charge in [-0.25, -0.2) is 0 Å². The van der Waals surface area contributed by atoms with Crippen LogP contribution in [-0.2, 0) is 28.4 Å². The molecule has 0 spiro atoms. The normalized spacial score (nSPS) is 12.9. The molecule has 148 valence electrons. The average Bonchev–Trinajstić information content (AvgIpc) is 2.52. The van der Waals surface area contributed by atoms with Gasteiger partial charge in [0.15, 0.2) is 0 Å². The third-order valence-corrected chi connectivity index (χ3v) is 3.50. The second-order valence-electron chi connectivity index (χ2n) is 5.71. The van der Waals surface area contributed by atoms with Crippen molar-refractivity contribution in [2.75, 3.05) is 0 Å². The number of rotatable bonds is 7. The molecule has 3 N–H and O–H groups in total. The summed E-state index contributed by atoms with van der Waals surface area (Å²) in [4.78, 5) is 23.3. The molecule has 0 aliphatic heterocycles. The summed E-state index contributed by atoms with van der Waals surface area (Å²) in [5.41, 5.74) is 1.57. The van der Waals surface area contributed by atoms with E-state index in [1.165, 1.54) is 0 Å². The van der Waals surface area contributed by atoms with E-state index in [-0.39, 0.29) is 12.5 Å². The number of unbranched alkanes of at least 4 members (excludes halogenated alkanes) is 1. The maximum Gasteiger partial charge on any atom is 0.416 e. The van der Waals surface area contributed by atoms with Crippen molar-refractivity contribution in [3.8, 4) is 12.3 Å². The van der Waals surface area contributed by atoms with Crippen molar-refractivity contribution < 1.29 is 35.9 Å². The fourth-order valence-electron chi connectivity index (χ4n) is 2.25. The highest BCUT2D eigenvalue weighted by molar-refractivity contribution is 5.87. The smallest absolute Gasteiger partial charge is 0.368 e. The van der Waals surface area contributed by atoms with Gasteiger partial charge in [-0.15, -0.1) is 12.3 Å². The fraction of sp³-hybridized carbons (Fsp3) is 0.412. The largest absolute Gasteiger partial charge is 0.416 e. The standard InChI is InChI=1S/C17H16F6N2O2/c1-2-3-4-5-13(15(24)27)25-14(26)8-10-6-11(16(18,19)20)9-12(7-10)17(21,22)23/h1,6-7,9,13H,3-5,8H2,(H2,24,27)(H,25,26)/t13-/m0/s1. The zero-order chi connectivity index (χ0) is 20.8. The van der Waals surface area contributed by atoms with Gasteiger partial charge in [0.2, 0.25) is 11.8 Å². The Morgan fingerprint density at radius 1 is 1.07 bits per heavy atom. The van der Waals surface area contributed by atoms with Crippen LogP contribution < -0.4 is 11.1 Å². The highest BCUT2D eigenvalue weighted by Crippen LogP contribution is 2.36. The second kappa shape index (κ2) is 8.79. The van der Waals surface area contributed by atoms with Crippen LogP contribution >= 0.6 is 0 Å². The molecule has 0 aliphatic rings. The molecule has 1 aromatic carbocycles. The maximum atomic E-state index is 12.8. The molecule has 27 heavy (non-hydrogen) atoms. The first-order valence-corrected chi connectivity index (χ1v) is 7.65. The van der Waals surface area contributed by atoms with E-state index in [1.54, 1.807) is 0 Å². The van der Waals surface area contributed by atoms with Crippen molar-refractivity contribution in [3.05, 3.63) is 34.9 Å². The molecule has 0 aliphatic carbocycles. The lowest BCUT2D eigenvalue weighted by molar-refractivity contribution is -0.143. The van der Waals surface area contributed by atoms with Crippen molar-refractivity contribution in [3.63, 3.8) is 0 Å². The van der Waals surface area contributed by atoms with Crippen LogP contribution in [0.4, 0.5) is 26.3 Å². The van der Waals surface area contributed by atoms with Crippen molar-refractivity contribution in [2.24, 2.45) is 5.73 Å². The summed E-state index contributed by atoms with van der Waals surface area (Å²) in [6.45, 7) is 0. The van der Waals surface area contributed by atoms with E-state index in [0.29, 0.717) is 25.0 Å². The van der Waals surface area contributed by atoms with Crippen LogP contribution in [0.15, 0.2) is 18.2 Å². The van der Waals surface area contributed by atoms with Gasteiger partial charge in [0.05, 0.1) is 17.5 Å². The first kappa shape index (κ1) is 22.3. The molecular formula is C17H16F6N2O2. The Balaban J connectivity index is 3.00. The molecule has 0 bridgehead atoms. The zero-order valence-electron chi connectivity index (χ0n) is 13.9. The molecule has 2 amide bonds. The van der Waals surface area contributed by atoms with Crippen molar-refractivity contribution in [1.29, 1.82) is 0 Å². The number of halogens is 6. The van der Waals surface area contributed by atoms with Gasteiger partial charge in [0.25, 0.3) is 0 Å². The lowest BCUT2D eigenvalue weighted by Crippen LogP contribution is -2.45. The first-order chi connectivity index (χ1) is 12.3. The molecule has 0 fully saturated rings. The number of terminal acetylenes is 1. The molecule has 0 saturated heterocycles. The quantitative estimate of drug-likeness (QED) is 0.424. The van der Waals surface area contributed by atoms with Gasteiger partial charge in [-0.2, -0.15) is 26.3 Å². The molecule has 1 rings (SSSR count). The Kier molecular flexibility index (Phi) is 7.28. The molecule has 0 radical (unpaired) electrons. The van der Waals surface area contributed by atoms with E-state index < -0.39 is 53.3 Å². The van der Waals surface area contributed by atoms with Crippen molar-refractivity contribution in [1.82, 2.24) is 5.32 Å². The second-order valence-corrected chi connectivity index (χ2v) is 5.71. The van der Waals surface area contributed by atoms with Gasteiger partial charge in [0, 0.05) is 6.42 Å². The van der Waals surface area contributed by atoms with Crippen LogP contribution in [0.3, 0.4) is 0 Å². The van der Waals surface area contributed by atoms with E-state index >= 15 is 0 Å². The molecular weight excluding hydrogens is 378 g/mol. The third kappa shape index (κ3) is 7.21. The minimum absolute atomic E-state index is 0.0343. The highest BCUT2D eigenvalue weighted by Gasteiger charge is 2.37. The van der Waals surface area contributed by atoms with E-state index in [0.717, 1.165) is 0 Å². The summed E-state index contributed by atoms with van der Waals surface area (Å²) < 4.78 is 76.9. The minimum Gasteiger partial charge on any atom is -0.368 e. The number of hydrogen-bond donors (Lipinski definition) is 2. The number of nitrogens with two attached hydrogens (primary N) is 1. The molecule has 10 heteroatoms. The summed E-state index contributed by atoms with van der Waals surface area (Å²) in [5, 5.41) is 2.20. The molecule has 0 heterocycles. The number of benzene rings is 1. The first-order valence-electron chi connectivity index (χ1n) is 7.65. The zero-order valence-corrected chi connectivity index (χ0v) is 13.9. The molecule has 0 unspecified atom stereocenters. The summed E-state index contributed by atoms with van der Waals surface area (Å²) in [5.74, 6) is 0.491. The van der Waals surface area contributed by atoms with Crippen LogP contribution in [-0.4, -0.2) is 17.9 Å². The van der Waals surface area contributed by atoms with Crippen LogP contribution in [0.25, 0.3) is 0 Å². The van der Waals surface area contributed by atoms with E-state index in [1.807, 2.05) is 0 Å². The average molecular weight is 394 g/mol. The Hall–Kier alpha value is -2.70. The number of carbonyl (C=O) groups is 2. The SMILES string of the molecule is C#CCCC[C@H](NC(=O)Cc1cc(C(F)(F)F)cc(C(F)(F)F)c1)C(N)=O. The van der Waals surface area contributed by atoms with Crippen LogP contribution in [0, 0.1) is 12.3 Å². The third-order valence-electron chi connectivity index (χ3n) is 3.50. The Labute approximate surface area is 151 Å². The molecule has 0 aromatic heterocycles. The fourth-order valence-corrected chi connectivity index (χ4v) is 2.25. The van der Waals surface area contributed by atoms with Gasteiger partial charge in [-0.1, -0.05) is 0 Å². The number of carbonyl (C=O) groups excluding carboxylic acids is 2. The minimum atomic E-state index is -5.02. The van der Waals surface area contributed by atoms with Gasteiger partial charge in [0.1, 0.15) is 6.04 Å². The van der Waals surface area contributed by atoms with Crippen LogP contribution in [0.1, 0.15) is 36.0 Å². The Morgan fingerprint density at radius 2 is 1.59 bits per heavy atom. The predicted molar refractivity (Wildman–Crippen MR) is 84.0 cm³/mol. The summed E-state index contributed by atoms with van der Waals surface area (Å²) in [6, 6.07) is -0.259. The Morgan fingerprint density at radius 3 is 2.00 bits per heavy atom. The summed E-state index contributed by atoms with van der Waals surface area (Å²) in [7, 11) is 0. The lowest BCUT2D eigenvalue weighted by atomic mass is 10.0. The van der Waals surface area contributed by atoms with Gasteiger partial charge in [-0.3, -0.25) is 9.59 Å². The molecule has 1 atom stereocenters. The van der Waals surface area contributed by atoms with Gasteiger partial charge >= 0.3 is 12.4 Å².